The number of aromatic nitrogens is 4. The van der Waals surface area contributed by atoms with Crippen LogP contribution >= 0.6 is 8.53 Å². The maximum Gasteiger partial charge on any atom is 0.471 e. The molecule has 3 aromatic rings. The lowest BCUT2D eigenvalue weighted by atomic mass is 10.1. The van der Waals surface area contributed by atoms with Gasteiger partial charge in [-0.2, -0.15) is 23.4 Å². The zero-order chi connectivity index (χ0) is 51.8. The van der Waals surface area contributed by atoms with Crippen molar-refractivity contribution >= 4 is 60.9 Å². The molecule has 2 atom stereocenters. The molecule has 0 aliphatic rings. The molecule has 386 valence electrons. The Kier molecular flexibility index (Phi) is 25.2. The Bertz CT molecular complexity index is 2260. The summed E-state index contributed by atoms with van der Waals surface area (Å²) in [6.07, 6.45) is -3.87. The Morgan fingerprint density at radius 1 is 0.871 bits per heavy atom. The average Bonchev–Trinajstić information content (AvgIpc) is 3.31. The first-order valence-electron chi connectivity index (χ1n) is 22.4. The van der Waals surface area contributed by atoms with E-state index < -0.39 is 68.4 Å². The number of nitriles is 1. The van der Waals surface area contributed by atoms with Gasteiger partial charge in [0, 0.05) is 48.8 Å². The Hall–Kier alpha value is -5.74. The highest BCUT2D eigenvalue weighted by atomic mass is 31.2. The number of aromatic amines is 1. The van der Waals surface area contributed by atoms with Gasteiger partial charge in [0.15, 0.2) is 11.2 Å². The fourth-order valence-electron chi connectivity index (χ4n) is 6.17. The van der Waals surface area contributed by atoms with Gasteiger partial charge in [-0.15, -0.1) is 0 Å². The first-order valence-corrected chi connectivity index (χ1v) is 23.6. The van der Waals surface area contributed by atoms with Gasteiger partial charge in [-0.05, 0) is 64.8 Å². The minimum atomic E-state index is -5.34. The van der Waals surface area contributed by atoms with Crippen LogP contribution in [-0.4, -0.2) is 145 Å². The van der Waals surface area contributed by atoms with Crippen LogP contribution in [0.1, 0.15) is 83.3 Å². The van der Waals surface area contributed by atoms with E-state index in [-0.39, 0.29) is 71.9 Å². The van der Waals surface area contributed by atoms with Crippen LogP contribution in [0.5, 0.6) is 0 Å². The maximum atomic E-state index is 13.8. The summed E-state index contributed by atoms with van der Waals surface area (Å²) in [5.74, 6) is -5.45. The maximum absolute atomic E-state index is 13.8. The topological polar surface area (TPSA) is 279 Å². The summed E-state index contributed by atoms with van der Waals surface area (Å²) in [6, 6.07) is 5.59. The molecule has 0 aliphatic heterocycles. The molecule has 3 rings (SSSR count). The van der Waals surface area contributed by atoms with Crippen molar-refractivity contribution in [2.75, 3.05) is 76.7 Å². The Morgan fingerprint density at radius 2 is 1.49 bits per heavy atom. The molecular formula is C44H62F3N10O12P. The van der Waals surface area contributed by atoms with E-state index in [1.165, 1.54) is 0 Å². The summed E-state index contributed by atoms with van der Waals surface area (Å²) < 4.78 is 76.8. The molecular weight excluding hydrogens is 949 g/mol. The fraction of sp³-hybridized carbons (Fsp3) is 0.591. The van der Waals surface area contributed by atoms with E-state index >= 15 is 0 Å². The summed E-state index contributed by atoms with van der Waals surface area (Å²) in [5, 5.41) is 16.4. The number of carbonyl (C=O) groups is 5. The van der Waals surface area contributed by atoms with Crippen LogP contribution in [0.4, 0.5) is 24.8 Å². The van der Waals surface area contributed by atoms with Gasteiger partial charge < -0.3 is 38.6 Å². The third-order valence-electron chi connectivity index (χ3n) is 9.56. The number of alkyl halides is 3. The Labute approximate surface area is 404 Å². The molecule has 26 heteroatoms. The number of fused-ring (bicyclic) bond motifs is 1. The molecule has 0 bridgehead atoms. The number of amides is 4. The Morgan fingerprint density at radius 3 is 2.07 bits per heavy atom. The highest BCUT2D eigenvalue weighted by Crippen LogP contribution is 2.45. The quantitative estimate of drug-likeness (QED) is 0.0397. The summed E-state index contributed by atoms with van der Waals surface area (Å²) in [4.78, 5) is 90.4. The van der Waals surface area contributed by atoms with E-state index in [9.17, 15) is 41.9 Å². The van der Waals surface area contributed by atoms with Gasteiger partial charge in [-0.1, -0.05) is 13.8 Å². The third kappa shape index (κ3) is 19.9. The van der Waals surface area contributed by atoms with Crippen molar-refractivity contribution in [3.8, 4) is 6.07 Å². The second-order valence-corrected chi connectivity index (χ2v) is 17.5. The van der Waals surface area contributed by atoms with Crippen molar-refractivity contribution < 1.29 is 65.1 Å². The Balaban J connectivity index is 1.41. The first-order chi connectivity index (χ1) is 33.3. The van der Waals surface area contributed by atoms with Gasteiger partial charge in [0.05, 0.1) is 84.3 Å². The third-order valence-corrected chi connectivity index (χ3v) is 11.7. The van der Waals surface area contributed by atoms with Crippen molar-refractivity contribution in [3.63, 3.8) is 0 Å². The molecule has 4 amide bonds. The van der Waals surface area contributed by atoms with Crippen LogP contribution in [0.3, 0.4) is 0 Å². The summed E-state index contributed by atoms with van der Waals surface area (Å²) in [5.41, 5.74) is -2.05. The molecule has 0 radical (unpaired) electrons. The van der Waals surface area contributed by atoms with Crippen molar-refractivity contribution in [1.82, 2.24) is 35.2 Å². The average molecular weight is 1010 g/mol. The second kappa shape index (κ2) is 30.1. The zero-order valence-corrected chi connectivity index (χ0v) is 41.2. The van der Waals surface area contributed by atoms with Crippen LogP contribution in [0, 0.1) is 17.2 Å². The van der Waals surface area contributed by atoms with Gasteiger partial charge in [-0.25, -0.2) is 19.4 Å². The predicted octanol–water partition coefficient (Wildman–Crippen LogP) is 4.30. The summed E-state index contributed by atoms with van der Waals surface area (Å²) in [7, 11) is -0.240. The van der Waals surface area contributed by atoms with Crippen LogP contribution in [0.2, 0.25) is 0 Å². The van der Waals surface area contributed by atoms with Crippen molar-refractivity contribution in [2.24, 2.45) is 5.92 Å². The molecule has 0 saturated heterocycles. The van der Waals surface area contributed by atoms with Gasteiger partial charge in [0.25, 0.3) is 20.0 Å². The lowest BCUT2D eigenvalue weighted by Crippen LogP contribution is -2.42. The SMILES string of the molecule is COC(=O)C(CCC(=O)NCCCOCCOCCOCCOP(OCCC#N)N(C(C)C)C(C)C)NC(=O)c1ccc(N(Cc2cnc3nc(NC(=O)C(C)C)[nH]c(=O)c3n2)C(=O)C(F)(F)F)cc1. The van der Waals surface area contributed by atoms with Gasteiger partial charge in [0.2, 0.25) is 17.8 Å². The minimum absolute atomic E-state index is 0.102. The molecule has 0 spiro atoms. The fourth-order valence-corrected chi connectivity index (χ4v) is 7.74. The number of nitrogens with one attached hydrogen (secondary N) is 4. The van der Waals surface area contributed by atoms with Crippen LogP contribution in [0.15, 0.2) is 35.3 Å². The molecule has 0 aliphatic carbocycles. The number of hydrogen-bond acceptors (Lipinski definition) is 17. The molecule has 0 saturated carbocycles. The van der Waals surface area contributed by atoms with Gasteiger partial charge >= 0.3 is 18.1 Å². The van der Waals surface area contributed by atoms with E-state index in [0.29, 0.717) is 64.2 Å². The molecule has 70 heavy (non-hydrogen) atoms. The molecule has 0 fully saturated rings. The van der Waals surface area contributed by atoms with Crippen molar-refractivity contribution in [3.05, 3.63) is 52.1 Å². The number of hydrogen-bond donors (Lipinski definition) is 4. The number of anilines is 2. The van der Waals surface area contributed by atoms with Crippen LogP contribution in [-0.2, 0) is 53.7 Å². The standard InChI is InChI=1S/C44H62F3N10O12P/c1-28(2)38(59)54-43-53-37-36(40(61)55-43)51-32(26-50-37)27-56(42(63)44(45,46)47)33-12-10-31(11-13-33)39(60)52-34(41(62)64-7)14-15-35(58)49-17-9-18-65-20-21-66-22-23-67-24-25-69-70(68-19-8-16-48)57(29(3)4)30(5)6/h10-13,26,28-30,34H,8-9,14-15,17-25,27H2,1-7H3,(H,49,58)(H,52,60)(H2,50,53,54,55,59,61). The predicted molar refractivity (Wildman–Crippen MR) is 249 cm³/mol. The highest BCUT2D eigenvalue weighted by molar-refractivity contribution is 7.44. The number of H-pyrrole nitrogens is 1. The molecule has 22 nitrogen and oxygen atoms in total. The number of halogens is 3. The van der Waals surface area contributed by atoms with Gasteiger partial charge in [-0.3, -0.25) is 39.2 Å². The van der Waals surface area contributed by atoms with E-state index in [0.717, 1.165) is 37.6 Å². The van der Waals surface area contributed by atoms with E-state index in [4.69, 9.17) is 33.3 Å². The number of methoxy groups -OCH3 is 1. The normalized spacial score (nSPS) is 12.5. The number of ether oxygens (including phenoxy) is 4. The zero-order valence-electron chi connectivity index (χ0n) is 40.3. The number of rotatable bonds is 31. The molecule has 1 aromatic carbocycles. The van der Waals surface area contributed by atoms with E-state index in [1.807, 2.05) is 0 Å². The highest BCUT2D eigenvalue weighted by Gasteiger charge is 2.43. The number of nitrogens with zero attached hydrogens (tertiary/aromatic N) is 6. The largest absolute Gasteiger partial charge is 0.471 e. The van der Waals surface area contributed by atoms with Gasteiger partial charge in [0.1, 0.15) is 6.04 Å². The second-order valence-electron chi connectivity index (χ2n) is 16.0. The summed E-state index contributed by atoms with van der Waals surface area (Å²) >= 11 is 0. The van der Waals surface area contributed by atoms with E-state index in [2.05, 4.69) is 74.3 Å². The van der Waals surface area contributed by atoms with Crippen LogP contribution < -0.4 is 26.4 Å². The molecule has 2 unspecified atom stereocenters. The molecule has 4 N–H and O–H groups in total. The number of benzene rings is 1. The van der Waals surface area contributed by atoms with Crippen LogP contribution in [0.25, 0.3) is 11.2 Å². The smallest absolute Gasteiger partial charge is 0.467 e. The molecule has 2 aromatic heterocycles. The minimum Gasteiger partial charge on any atom is -0.467 e. The number of carbonyl (C=O) groups excluding carboxylic acids is 5. The molecule has 2 heterocycles. The summed E-state index contributed by atoms with van der Waals surface area (Å²) in [6.45, 7) is 13.6. The monoisotopic (exact) mass is 1010 g/mol. The lowest BCUT2D eigenvalue weighted by Gasteiger charge is -2.35. The van der Waals surface area contributed by atoms with Crippen molar-refractivity contribution in [1.29, 1.82) is 5.26 Å². The van der Waals surface area contributed by atoms with Crippen molar-refractivity contribution in [2.45, 2.75) is 98.1 Å². The number of esters is 1. The van der Waals surface area contributed by atoms with E-state index in [1.54, 1.807) is 13.8 Å². The lowest BCUT2D eigenvalue weighted by molar-refractivity contribution is -0.170. The first kappa shape index (κ1) is 58.6.